The van der Waals surface area contributed by atoms with E-state index in [1.54, 1.807) is 24.7 Å². The van der Waals surface area contributed by atoms with Crippen LogP contribution in [0.3, 0.4) is 0 Å². The van der Waals surface area contributed by atoms with Gasteiger partial charge in [-0.2, -0.15) is 10.1 Å². The predicted molar refractivity (Wildman–Crippen MR) is 84.4 cm³/mol. The van der Waals surface area contributed by atoms with Gasteiger partial charge in [0.25, 0.3) is 0 Å². The molecule has 0 spiro atoms. The second-order valence-corrected chi connectivity index (χ2v) is 5.15. The number of aromatic nitrogens is 6. The van der Waals surface area contributed by atoms with Crippen molar-refractivity contribution in [3.63, 3.8) is 0 Å². The Labute approximate surface area is 138 Å². The Kier molecular flexibility index (Phi) is 4.90. The molecule has 0 aliphatic rings. The third-order valence-corrected chi connectivity index (χ3v) is 3.23. The van der Waals surface area contributed by atoms with E-state index in [0.29, 0.717) is 29.6 Å². The molecular formula is C15H17N7O2. The van der Waals surface area contributed by atoms with Crippen LogP contribution in [-0.4, -0.2) is 35.8 Å². The van der Waals surface area contributed by atoms with Crippen molar-refractivity contribution < 1.29 is 9.32 Å². The summed E-state index contributed by atoms with van der Waals surface area (Å²) in [7, 11) is 0. The Morgan fingerprint density at radius 2 is 2.25 bits per heavy atom. The summed E-state index contributed by atoms with van der Waals surface area (Å²) < 4.78 is 6.64. The SMILES string of the molecule is CCCc1noc(CCC(=O)Nc2ccc(-n3cncn3)nc2)n1. The van der Waals surface area contributed by atoms with E-state index in [9.17, 15) is 4.79 Å². The molecule has 3 aromatic rings. The maximum atomic E-state index is 12.0. The molecule has 0 radical (unpaired) electrons. The van der Waals surface area contributed by atoms with Gasteiger partial charge < -0.3 is 9.84 Å². The lowest BCUT2D eigenvalue weighted by Gasteiger charge is -2.05. The molecule has 9 heteroatoms. The van der Waals surface area contributed by atoms with Crippen LogP contribution in [0.2, 0.25) is 0 Å². The van der Waals surface area contributed by atoms with Crippen LogP contribution in [0.1, 0.15) is 31.5 Å². The minimum atomic E-state index is -0.138. The van der Waals surface area contributed by atoms with Gasteiger partial charge in [-0.25, -0.2) is 14.6 Å². The quantitative estimate of drug-likeness (QED) is 0.701. The van der Waals surface area contributed by atoms with E-state index in [2.05, 4.69) is 30.5 Å². The monoisotopic (exact) mass is 327 g/mol. The smallest absolute Gasteiger partial charge is 0.227 e. The molecule has 124 valence electrons. The average Bonchev–Trinajstić information content (AvgIpc) is 3.26. The first-order valence-electron chi connectivity index (χ1n) is 7.67. The summed E-state index contributed by atoms with van der Waals surface area (Å²) in [6.07, 6.45) is 6.96. The molecule has 9 nitrogen and oxygen atoms in total. The maximum Gasteiger partial charge on any atom is 0.227 e. The Bertz CT molecular complexity index is 781. The summed E-state index contributed by atoms with van der Waals surface area (Å²) in [4.78, 5) is 24.3. The summed E-state index contributed by atoms with van der Waals surface area (Å²) in [6.45, 7) is 2.05. The highest BCUT2D eigenvalue weighted by Crippen LogP contribution is 2.10. The fraction of sp³-hybridized carbons (Fsp3) is 0.333. The lowest BCUT2D eigenvalue weighted by Crippen LogP contribution is -2.13. The number of hydrogen-bond donors (Lipinski definition) is 1. The number of nitrogens with one attached hydrogen (secondary N) is 1. The second kappa shape index (κ2) is 7.44. The van der Waals surface area contributed by atoms with Gasteiger partial charge in [0.2, 0.25) is 11.8 Å². The van der Waals surface area contributed by atoms with Gasteiger partial charge in [0.15, 0.2) is 11.6 Å². The minimum absolute atomic E-state index is 0.138. The molecule has 0 saturated heterocycles. The molecule has 0 aromatic carbocycles. The molecule has 0 unspecified atom stereocenters. The van der Waals surface area contributed by atoms with Crippen molar-refractivity contribution in [2.45, 2.75) is 32.6 Å². The van der Waals surface area contributed by atoms with Gasteiger partial charge in [-0.05, 0) is 18.6 Å². The van der Waals surface area contributed by atoms with Crippen molar-refractivity contribution >= 4 is 11.6 Å². The number of amides is 1. The first-order valence-corrected chi connectivity index (χ1v) is 7.67. The van der Waals surface area contributed by atoms with Gasteiger partial charge in [-0.3, -0.25) is 4.79 Å². The lowest BCUT2D eigenvalue weighted by atomic mass is 10.3. The number of anilines is 1. The fourth-order valence-corrected chi connectivity index (χ4v) is 2.08. The van der Waals surface area contributed by atoms with Crippen LogP contribution in [0, 0.1) is 0 Å². The molecule has 24 heavy (non-hydrogen) atoms. The average molecular weight is 327 g/mol. The zero-order valence-corrected chi connectivity index (χ0v) is 13.2. The molecule has 0 saturated carbocycles. The number of aryl methyl sites for hydroxylation is 2. The Morgan fingerprint density at radius 1 is 1.33 bits per heavy atom. The molecule has 0 atom stereocenters. The zero-order valence-electron chi connectivity index (χ0n) is 13.2. The van der Waals surface area contributed by atoms with Crippen LogP contribution in [0.4, 0.5) is 5.69 Å². The molecule has 0 aliphatic heterocycles. The Hall–Kier alpha value is -3.10. The van der Waals surface area contributed by atoms with Gasteiger partial charge >= 0.3 is 0 Å². The Balaban J connectivity index is 1.51. The molecule has 0 bridgehead atoms. The highest BCUT2D eigenvalue weighted by molar-refractivity contribution is 5.90. The van der Waals surface area contributed by atoms with E-state index in [1.807, 2.05) is 6.92 Å². The predicted octanol–water partition coefficient (Wildman–Crippen LogP) is 1.57. The first kappa shape index (κ1) is 15.8. The fourth-order valence-electron chi connectivity index (χ4n) is 2.08. The van der Waals surface area contributed by atoms with Crippen molar-refractivity contribution in [3.05, 3.63) is 42.7 Å². The molecule has 1 amide bonds. The molecule has 3 rings (SSSR count). The van der Waals surface area contributed by atoms with E-state index in [1.165, 1.54) is 11.0 Å². The third-order valence-electron chi connectivity index (χ3n) is 3.23. The van der Waals surface area contributed by atoms with E-state index < -0.39 is 0 Å². The molecule has 0 fully saturated rings. The van der Waals surface area contributed by atoms with Crippen LogP contribution in [-0.2, 0) is 17.6 Å². The van der Waals surface area contributed by atoms with Crippen molar-refractivity contribution in [3.8, 4) is 5.82 Å². The largest absolute Gasteiger partial charge is 0.339 e. The molecule has 0 aliphatic carbocycles. The summed E-state index contributed by atoms with van der Waals surface area (Å²) in [5, 5.41) is 10.6. The van der Waals surface area contributed by atoms with Gasteiger partial charge in [0, 0.05) is 19.3 Å². The molecular weight excluding hydrogens is 310 g/mol. The number of carbonyl (C=O) groups is 1. The van der Waals surface area contributed by atoms with Gasteiger partial charge in [-0.15, -0.1) is 0 Å². The summed E-state index contributed by atoms with van der Waals surface area (Å²) in [6, 6.07) is 3.51. The van der Waals surface area contributed by atoms with Crippen molar-refractivity contribution in [2.24, 2.45) is 0 Å². The third kappa shape index (κ3) is 4.00. The van der Waals surface area contributed by atoms with Crippen LogP contribution < -0.4 is 5.32 Å². The molecule has 1 N–H and O–H groups in total. The maximum absolute atomic E-state index is 12.0. The van der Waals surface area contributed by atoms with Crippen LogP contribution >= 0.6 is 0 Å². The van der Waals surface area contributed by atoms with E-state index in [0.717, 1.165) is 12.8 Å². The highest BCUT2D eigenvalue weighted by atomic mass is 16.5. The number of carbonyl (C=O) groups excluding carboxylic acids is 1. The summed E-state index contributed by atoms with van der Waals surface area (Å²) in [5.41, 5.74) is 0.612. The lowest BCUT2D eigenvalue weighted by molar-refractivity contribution is -0.116. The van der Waals surface area contributed by atoms with Crippen LogP contribution in [0.5, 0.6) is 0 Å². The standard InChI is InChI=1S/C15H17N7O2/c1-2-3-12-20-15(24-21-12)7-6-14(23)19-11-4-5-13(17-8-11)22-10-16-9-18-22/h4-5,8-10H,2-3,6-7H2,1H3,(H,19,23). The van der Waals surface area contributed by atoms with E-state index >= 15 is 0 Å². The van der Waals surface area contributed by atoms with Gasteiger partial charge in [0.1, 0.15) is 12.7 Å². The number of rotatable bonds is 7. The first-order chi connectivity index (χ1) is 11.7. The van der Waals surface area contributed by atoms with Crippen LogP contribution in [0.15, 0.2) is 35.5 Å². The van der Waals surface area contributed by atoms with Crippen LogP contribution in [0.25, 0.3) is 5.82 Å². The number of pyridine rings is 1. The normalized spacial score (nSPS) is 10.7. The van der Waals surface area contributed by atoms with Crippen molar-refractivity contribution in [1.82, 2.24) is 29.9 Å². The summed E-state index contributed by atoms with van der Waals surface area (Å²) >= 11 is 0. The van der Waals surface area contributed by atoms with Crippen molar-refractivity contribution in [1.29, 1.82) is 0 Å². The second-order valence-electron chi connectivity index (χ2n) is 5.15. The van der Waals surface area contributed by atoms with E-state index in [4.69, 9.17) is 4.52 Å². The zero-order chi connectivity index (χ0) is 16.8. The van der Waals surface area contributed by atoms with Crippen molar-refractivity contribution in [2.75, 3.05) is 5.32 Å². The minimum Gasteiger partial charge on any atom is -0.339 e. The van der Waals surface area contributed by atoms with E-state index in [-0.39, 0.29) is 12.3 Å². The highest BCUT2D eigenvalue weighted by Gasteiger charge is 2.09. The number of nitrogens with zero attached hydrogens (tertiary/aromatic N) is 6. The van der Waals surface area contributed by atoms with Gasteiger partial charge in [-0.1, -0.05) is 12.1 Å². The Morgan fingerprint density at radius 3 is 2.96 bits per heavy atom. The molecule has 3 heterocycles. The molecule has 3 aromatic heterocycles. The number of hydrogen-bond acceptors (Lipinski definition) is 7. The van der Waals surface area contributed by atoms with Gasteiger partial charge in [0.05, 0.1) is 11.9 Å². The summed E-state index contributed by atoms with van der Waals surface area (Å²) in [5.74, 6) is 1.65. The topological polar surface area (TPSA) is 112 Å².